The molecule has 0 radical (unpaired) electrons. The maximum absolute atomic E-state index is 12.1. The first-order chi connectivity index (χ1) is 8.65. The molecule has 0 saturated carbocycles. The number of hydrogen-bond donors (Lipinski definition) is 0. The van der Waals surface area contributed by atoms with E-state index in [1.807, 2.05) is 31.2 Å². The molecule has 1 aromatic rings. The molecular formula is C16H23NO. The van der Waals surface area contributed by atoms with Crippen LogP contribution in [0.15, 0.2) is 24.3 Å². The topological polar surface area (TPSA) is 20.3 Å². The summed E-state index contributed by atoms with van der Waals surface area (Å²) >= 11 is 0. The molecule has 1 atom stereocenters. The van der Waals surface area contributed by atoms with Crippen LogP contribution in [0.3, 0.4) is 0 Å². The third-order valence-electron chi connectivity index (χ3n) is 3.77. The highest BCUT2D eigenvalue weighted by Crippen LogP contribution is 2.16. The molecule has 0 bridgehead atoms. The van der Waals surface area contributed by atoms with Gasteiger partial charge in [0.25, 0.3) is 0 Å². The average molecular weight is 245 g/mol. The van der Waals surface area contributed by atoms with Crippen molar-refractivity contribution in [3.63, 3.8) is 0 Å². The second-order valence-corrected chi connectivity index (χ2v) is 5.59. The lowest BCUT2D eigenvalue weighted by molar-refractivity contribution is 0.0949. The predicted octanol–water partition coefficient (Wildman–Crippen LogP) is 3.30. The molecule has 1 aliphatic rings. The van der Waals surface area contributed by atoms with Crippen LogP contribution in [0, 0.1) is 12.8 Å². The van der Waals surface area contributed by atoms with Crippen molar-refractivity contribution >= 4 is 5.78 Å². The van der Waals surface area contributed by atoms with Crippen molar-refractivity contribution in [3.05, 3.63) is 35.4 Å². The summed E-state index contributed by atoms with van der Waals surface area (Å²) in [5, 5.41) is 0. The number of carbonyl (C=O) groups is 1. The molecule has 0 spiro atoms. The monoisotopic (exact) mass is 245 g/mol. The Morgan fingerprint density at radius 2 is 2.06 bits per heavy atom. The van der Waals surface area contributed by atoms with E-state index < -0.39 is 0 Å². The fourth-order valence-corrected chi connectivity index (χ4v) is 2.63. The zero-order valence-electron chi connectivity index (χ0n) is 11.5. The molecule has 1 aromatic carbocycles. The number of Topliss-reactive ketones (excluding diaryl/α,β-unsaturated/α-hetero) is 1. The van der Waals surface area contributed by atoms with Gasteiger partial charge in [-0.2, -0.15) is 0 Å². The SMILES string of the molecule is Cc1ccc(C(=O)CCN2CCCC(C)C2)cc1. The normalized spacial score (nSPS) is 20.9. The summed E-state index contributed by atoms with van der Waals surface area (Å²) in [5.41, 5.74) is 2.06. The van der Waals surface area contributed by atoms with Gasteiger partial charge < -0.3 is 4.90 Å². The summed E-state index contributed by atoms with van der Waals surface area (Å²) in [6.07, 6.45) is 3.26. The van der Waals surface area contributed by atoms with Crippen molar-refractivity contribution in [2.75, 3.05) is 19.6 Å². The molecule has 0 amide bonds. The van der Waals surface area contributed by atoms with Crippen LogP contribution in [-0.2, 0) is 0 Å². The molecule has 18 heavy (non-hydrogen) atoms. The van der Waals surface area contributed by atoms with Crippen molar-refractivity contribution in [2.45, 2.75) is 33.1 Å². The number of aryl methyl sites for hydroxylation is 1. The van der Waals surface area contributed by atoms with E-state index in [4.69, 9.17) is 0 Å². The lowest BCUT2D eigenvalue weighted by Crippen LogP contribution is -2.35. The van der Waals surface area contributed by atoms with Gasteiger partial charge in [0.1, 0.15) is 0 Å². The number of ketones is 1. The van der Waals surface area contributed by atoms with E-state index in [1.54, 1.807) is 0 Å². The van der Waals surface area contributed by atoms with E-state index in [1.165, 1.54) is 18.4 Å². The lowest BCUT2D eigenvalue weighted by atomic mass is 9.99. The second-order valence-electron chi connectivity index (χ2n) is 5.59. The van der Waals surface area contributed by atoms with Crippen LogP contribution < -0.4 is 0 Å². The summed E-state index contributed by atoms with van der Waals surface area (Å²) in [5.74, 6) is 1.06. The van der Waals surface area contributed by atoms with Gasteiger partial charge in [-0.3, -0.25) is 4.79 Å². The van der Waals surface area contributed by atoms with Crippen molar-refractivity contribution in [1.29, 1.82) is 0 Å². The molecule has 1 heterocycles. The largest absolute Gasteiger partial charge is 0.303 e. The number of likely N-dealkylation sites (tertiary alicyclic amines) is 1. The Labute approximate surface area is 110 Å². The molecule has 0 N–H and O–H groups in total. The molecule has 0 aromatic heterocycles. The Morgan fingerprint density at radius 1 is 1.33 bits per heavy atom. The van der Waals surface area contributed by atoms with E-state index in [0.717, 1.165) is 31.1 Å². The van der Waals surface area contributed by atoms with Gasteiger partial charge in [-0.25, -0.2) is 0 Å². The highest BCUT2D eigenvalue weighted by molar-refractivity contribution is 5.96. The Bertz CT molecular complexity index is 396. The maximum atomic E-state index is 12.1. The average Bonchev–Trinajstić information content (AvgIpc) is 2.37. The van der Waals surface area contributed by atoms with Crippen LogP contribution >= 0.6 is 0 Å². The maximum Gasteiger partial charge on any atom is 0.164 e. The lowest BCUT2D eigenvalue weighted by Gasteiger charge is -2.30. The first-order valence-electron chi connectivity index (χ1n) is 6.97. The van der Waals surface area contributed by atoms with Gasteiger partial charge in [0, 0.05) is 25.1 Å². The van der Waals surface area contributed by atoms with Gasteiger partial charge in [0.05, 0.1) is 0 Å². The first kappa shape index (κ1) is 13.3. The highest BCUT2D eigenvalue weighted by atomic mass is 16.1. The van der Waals surface area contributed by atoms with E-state index in [9.17, 15) is 4.79 Å². The van der Waals surface area contributed by atoms with Gasteiger partial charge in [-0.15, -0.1) is 0 Å². The standard InChI is InChI=1S/C16H23NO/c1-13-5-7-15(8-6-13)16(18)9-11-17-10-3-4-14(2)12-17/h5-8,14H,3-4,9-12H2,1-2H3. The number of piperidine rings is 1. The number of benzene rings is 1. The minimum atomic E-state index is 0.272. The Morgan fingerprint density at radius 3 is 2.72 bits per heavy atom. The molecular weight excluding hydrogens is 222 g/mol. The van der Waals surface area contributed by atoms with Crippen LogP contribution in [0.4, 0.5) is 0 Å². The molecule has 2 nitrogen and oxygen atoms in total. The molecule has 2 heteroatoms. The molecule has 1 unspecified atom stereocenters. The Kier molecular flexibility index (Phi) is 4.54. The molecule has 1 saturated heterocycles. The van der Waals surface area contributed by atoms with Crippen molar-refractivity contribution in [3.8, 4) is 0 Å². The van der Waals surface area contributed by atoms with E-state index in [0.29, 0.717) is 6.42 Å². The van der Waals surface area contributed by atoms with Crippen molar-refractivity contribution in [1.82, 2.24) is 4.90 Å². The van der Waals surface area contributed by atoms with Crippen LogP contribution in [0.1, 0.15) is 42.1 Å². The second kappa shape index (κ2) is 6.14. The van der Waals surface area contributed by atoms with Crippen LogP contribution in [0.25, 0.3) is 0 Å². The number of carbonyl (C=O) groups excluding carboxylic acids is 1. The molecule has 0 aliphatic carbocycles. The van der Waals surface area contributed by atoms with Crippen LogP contribution in [0.2, 0.25) is 0 Å². The quantitative estimate of drug-likeness (QED) is 0.759. The molecule has 1 aliphatic heterocycles. The van der Waals surface area contributed by atoms with E-state index >= 15 is 0 Å². The summed E-state index contributed by atoms with van der Waals surface area (Å²) in [6, 6.07) is 7.90. The number of hydrogen-bond acceptors (Lipinski definition) is 2. The minimum absolute atomic E-state index is 0.272. The Balaban J connectivity index is 1.82. The summed E-state index contributed by atoms with van der Waals surface area (Å²) in [4.78, 5) is 14.5. The van der Waals surface area contributed by atoms with Gasteiger partial charge in [0.15, 0.2) is 5.78 Å². The minimum Gasteiger partial charge on any atom is -0.303 e. The summed E-state index contributed by atoms with van der Waals surface area (Å²) < 4.78 is 0. The molecule has 1 fully saturated rings. The van der Waals surface area contributed by atoms with E-state index in [-0.39, 0.29) is 5.78 Å². The summed E-state index contributed by atoms with van der Waals surface area (Å²) in [7, 11) is 0. The van der Waals surface area contributed by atoms with Gasteiger partial charge in [-0.05, 0) is 32.2 Å². The smallest absolute Gasteiger partial charge is 0.164 e. The van der Waals surface area contributed by atoms with Gasteiger partial charge in [0.2, 0.25) is 0 Å². The van der Waals surface area contributed by atoms with Gasteiger partial charge >= 0.3 is 0 Å². The van der Waals surface area contributed by atoms with Crippen LogP contribution in [-0.4, -0.2) is 30.3 Å². The fourth-order valence-electron chi connectivity index (χ4n) is 2.63. The van der Waals surface area contributed by atoms with E-state index in [2.05, 4.69) is 11.8 Å². The van der Waals surface area contributed by atoms with Gasteiger partial charge in [-0.1, -0.05) is 36.8 Å². The van der Waals surface area contributed by atoms with Crippen molar-refractivity contribution in [2.24, 2.45) is 5.92 Å². The number of rotatable bonds is 4. The molecule has 2 rings (SSSR count). The van der Waals surface area contributed by atoms with Crippen molar-refractivity contribution < 1.29 is 4.79 Å². The third-order valence-corrected chi connectivity index (χ3v) is 3.77. The Hall–Kier alpha value is -1.15. The first-order valence-corrected chi connectivity index (χ1v) is 6.97. The van der Waals surface area contributed by atoms with Crippen LogP contribution in [0.5, 0.6) is 0 Å². The fraction of sp³-hybridized carbons (Fsp3) is 0.562. The zero-order chi connectivity index (χ0) is 13.0. The zero-order valence-corrected chi connectivity index (χ0v) is 11.5. The third kappa shape index (κ3) is 3.67. The number of nitrogens with zero attached hydrogens (tertiary/aromatic N) is 1. The molecule has 98 valence electrons. The summed E-state index contributed by atoms with van der Waals surface area (Å²) in [6.45, 7) is 7.57. The predicted molar refractivity (Wildman–Crippen MR) is 75.0 cm³/mol. The highest BCUT2D eigenvalue weighted by Gasteiger charge is 2.17.